The molecule has 0 heterocycles. The van der Waals surface area contributed by atoms with Gasteiger partial charge in [-0.15, -0.1) is 0 Å². The minimum Gasteiger partial charge on any atom is -0.462 e. The average molecular weight is 306 g/mol. The quantitative estimate of drug-likeness (QED) is 0.620. The van der Waals surface area contributed by atoms with Crippen molar-refractivity contribution >= 4 is 29.5 Å². The topological polar surface area (TPSA) is 38.7 Å². The van der Waals surface area contributed by atoms with E-state index in [1.165, 1.54) is 12.1 Å². The highest BCUT2D eigenvalue weighted by Crippen LogP contribution is 2.21. The van der Waals surface area contributed by atoms with Crippen molar-refractivity contribution in [1.29, 1.82) is 0 Å². The van der Waals surface area contributed by atoms with Crippen LogP contribution in [0.1, 0.15) is 22.8 Å². The molecule has 5 heteroatoms. The van der Waals surface area contributed by atoms with E-state index in [0.29, 0.717) is 10.7 Å². The smallest absolute Gasteiger partial charge is 0.340 e. The van der Waals surface area contributed by atoms with Gasteiger partial charge in [-0.3, -0.25) is 4.99 Å². The van der Waals surface area contributed by atoms with Crippen LogP contribution >= 0.6 is 11.6 Å². The maximum absolute atomic E-state index is 13.3. The highest BCUT2D eigenvalue weighted by atomic mass is 35.5. The number of hydrogen-bond acceptors (Lipinski definition) is 3. The monoisotopic (exact) mass is 305 g/mol. The van der Waals surface area contributed by atoms with Crippen LogP contribution in [0.2, 0.25) is 5.02 Å². The molecule has 0 bridgehead atoms. The Bertz CT molecular complexity index is 668. The Balaban J connectivity index is 2.30. The van der Waals surface area contributed by atoms with Gasteiger partial charge in [-0.1, -0.05) is 23.7 Å². The minimum atomic E-state index is -0.597. The second-order valence-electron chi connectivity index (χ2n) is 4.19. The molecule has 0 saturated carbocycles. The number of esters is 1. The molecule has 0 fully saturated rings. The van der Waals surface area contributed by atoms with Gasteiger partial charge in [-0.2, -0.15) is 0 Å². The molecule has 3 nitrogen and oxygen atoms in total. The third kappa shape index (κ3) is 4.13. The van der Waals surface area contributed by atoms with E-state index in [1.807, 2.05) is 0 Å². The lowest BCUT2D eigenvalue weighted by atomic mass is 10.1. The molecule has 0 atom stereocenters. The first kappa shape index (κ1) is 15.2. The van der Waals surface area contributed by atoms with E-state index in [2.05, 4.69) is 4.99 Å². The molecule has 108 valence electrons. The molecule has 0 spiro atoms. The number of carbonyl (C=O) groups excluding carboxylic acids is 1. The van der Waals surface area contributed by atoms with Crippen molar-refractivity contribution in [3.05, 3.63) is 64.4 Å². The Morgan fingerprint density at radius 3 is 2.67 bits per heavy atom. The summed E-state index contributed by atoms with van der Waals surface area (Å²) in [7, 11) is 0. The number of carbonyl (C=O) groups is 1. The van der Waals surface area contributed by atoms with Crippen molar-refractivity contribution in [1.82, 2.24) is 0 Å². The Labute approximate surface area is 127 Å². The number of hydrogen-bond donors (Lipinski definition) is 0. The van der Waals surface area contributed by atoms with Gasteiger partial charge in [-0.25, -0.2) is 9.18 Å². The van der Waals surface area contributed by atoms with Crippen LogP contribution in [0.15, 0.2) is 47.5 Å². The Hall–Kier alpha value is -2.20. The minimum absolute atomic E-state index is 0.0991. The lowest BCUT2D eigenvalue weighted by Crippen LogP contribution is -2.05. The second kappa shape index (κ2) is 6.99. The van der Waals surface area contributed by atoms with Crippen LogP contribution in [0.3, 0.4) is 0 Å². The van der Waals surface area contributed by atoms with Crippen molar-refractivity contribution in [3.63, 3.8) is 0 Å². The van der Waals surface area contributed by atoms with Crippen LogP contribution in [0.4, 0.5) is 10.1 Å². The molecule has 0 aliphatic rings. The normalized spacial score (nSPS) is 10.8. The summed E-state index contributed by atoms with van der Waals surface area (Å²) in [5.74, 6) is -1.11. The van der Waals surface area contributed by atoms with Crippen LogP contribution in [0, 0.1) is 5.82 Å². The van der Waals surface area contributed by atoms with Crippen molar-refractivity contribution in [2.75, 3.05) is 6.61 Å². The number of rotatable bonds is 4. The number of benzene rings is 2. The van der Waals surface area contributed by atoms with E-state index in [1.54, 1.807) is 37.4 Å². The van der Waals surface area contributed by atoms with Crippen molar-refractivity contribution in [3.8, 4) is 0 Å². The molecular weight excluding hydrogens is 293 g/mol. The highest BCUT2D eigenvalue weighted by molar-refractivity contribution is 6.30. The summed E-state index contributed by atoms with van der Waals surface area (Å²) in [5.41, 5.74) is 1.27. The number of ether oxygens (including phenoxy) is 1. The predicted molar refractivity (Wildman–Crippen MR) is 81.1 cm³/mol. The summed E-state index contributed by atoms with van der Waals surface area (Å²) in [6.07, 6.45) is 1.58. The van der Waals surface area contributed by atoms with Crippen LogP contribution < -0.4 is 0 Å². The van der Waals surface area contributed by atoms with Gasteiger partial charge in [0.15, 0.2) is 0 Å². The standard InChI is InChI=1S/C16H13ClFNO2/c1-2-21-16(20)14-9-13(18)7-8-15(14)19-10-11-3-5-12(17)6-4-11/h3-10H,2H2,1H3/b19-10+. The van der Waals surface area contributed by atoms with Crippen molar-refractivity contribution in [2.24, 2.45) is 4.99 Å². The van der Waals surface area contributed by atoms with Gasteiger partial charge in [0, 0.05) is 11.2 Å². The van der Waals surface area contributed by atoms with E-state index in [4.69, 9.17) is 16.3 Å². The van der Waals surface area contributed by atoms with E-state index in [-0.39, 0.29) is 12.2 Å². The van der Waals surface area contributed by atoms with Gasteiger partial charge in [0.05, 0.1) is 17.9 Å². The third-order valence-corrected chi connectivity index (χ3v) is 2.93. The summed E-state index contributed by atoms with van der Waals surface area (Å²) in [6.45, 7) is 1.91. The second-order valence-corrected chi connectivity index (χ2v) is 4.63. The maximum Gasteiger partial charge on any atom is 0.340 e. The van der Waals surface area contributed by atoms with Gasteiger partial charge in [0.1, 0.15) is 5.82 Å². The fourth-order valence-corrected chi connectivity index (χ4v) is 1.81. The molecule has 0 saturated heterocycles. The molecule has 0 aliphatic carbocycles. The Morgan fingerprint density at radius 1 is 1.29 bits per heavy atom. The number of aliphatic imine (C=N–C) groups is 1. The summed E-state index contributed by atoms with van der Waals surface area (Å²) in [5, 5.41) is 0.626. The largest absolute Gasteiger partial charge is 0.462 e. The van der Waals surface area contributed by atoms with E-state index < -0.39 is 11.8 Å². The molecule has 2 rings (SSSR count). The molecule has 0 unspecified atom stereocenters. The maximum atomic E-state index is 13.3. The van der Waals surface area contributed by atoms with Crippen LogP contribution in [-0.4, -0.2) is 18.8 Å². The highest BCUT2D eigenvalue weighted by Gasteiger charge is 2.13. The number of halogens is 2. The van der Waals surface area contributed by atoms with Gasteiger partial charge in [0.2, 0.25) is 0 Å². The lowest BCUT2D eigenvalue weighted by Gasteiger charge is -2.05. The summed E-state index contributed by atoms with van der Waals surface area (Å²) in [6, 6.07) is 10.9. The first-order valence-corrected chi connectivity index (χ1v) is 6.74. The fraction of sp³-hybridized carbons (Fsp3) is 0.125. The molecule has 2 aromatic rings. The Morgan fingerprint density at radius 2 is 2.00 bits per heavy atom. The molecular formula is C16H13ClFNO2. The lowest BCUT2D eigenvalue weighted by molar-refractivity contribution is 0.0527. The molecule has 0 amide bonds. The number of nitrogens with zero attached hydrogens (tertiary/aromatic N) is 1. The van der Waals surface area contributed by atoms with Crippen molar-refractivity contribution < 1.29 is 13.9 Å². The zero-order valence-electron chi connectivity index (χ0n) is 11.3. The van der Waals surface area contributed by atoms with E-state index >= 15 is 0 Å². The van der Waals surface area contributed by atoms with Gasteiger partial charge < -0.3 is 4.74 Å². The SMILES string of the molecule is CCOC(=O)c1cc(F)ccc1/N=C/c1ccc(Cl)cc1. The molecule has 0 N–H and O–H groups in total. The Kier molecular flexibility index (Phi) is 5.06. The molecule has 2 aromatic carbocycles. The van der Waals surface area contributed by atoms with Gasteiger partial charge in [0.25, 0.3) is 0 Å². The average Bonchev–Trinajstić information content (AvgIpc) is 2.48. The first-order chi connectivity index (χ1) is 10.1. The predicted octanol–water partition coefficient (Wildman–Crippen LogP) is 4.41. The van der Waals surface area contributed by atoms with Gasteiger partial charge in [-0.05, 0) is 42.8 Å². The van der Waals surface area contributed by atoms with E-state index in [9.17, 15) is 9.18 Å². The van der Waals surface area contributed by atoms with E-state index in [0.717, 1.165) is 11.6 Å². The molecule has 0 aromatic heterocycles. The molecule has 0 radical (unpaired) electrons. The zero-order valence-corrected chi connectivity index (χ0v) is 12.1. The summed E-state index contributed by atoms with van der Waals surface area (Å²) in [4.78, 5) is 16.0. The summed E-state index contributed by atoms with van der Waals surface area (Å²) >= 11 is 5.80. The molecule has 21 heavy (non-hydrogen) atoms. The van der Waals surface area contributed by atoms with Crippen LogP contribution in [0.5, 0.6) is 0 Å². The third-order valence-electron chi connectivity index (χ3n) is 2.68. The van der Waals surface area contributed by atoms with Gasteiger partial charge >= 0.3 is 5.97 Å². The fourth-order valence-electron chi connectivity index (χ4n) is 1.69. The van der Waals surface area contributed by atoms with Crippen LogP contribution in [-0.2, 0) is 4.74 Å². The zero-order chi connectivity index (χ0) is 15.2. The van der Waals surface area contributed by atoms with Crippen LogP contribution in [0.25, 0.3) is 0 Å². The summed E-state index contributed by atoms with van der Waals surface area (Å²) < 4.78 is 18.2. The first-order valence-electron chi connectivity index (χ1n) is 6.36. The molecule has 0 aliphatic heterocycles. The van der Waals surface area contributed by atoms with Crippen molar-refractivity contribution in [2.45, 2.75) is 6.92 Å².